The lowest BCUT2D eigenvalue weighted by atomic mass is 9.98. The van der Waals surface area contributed by atoms with Gasteiger partial charge in [-0.25, -0.2) is 18.9 Å². The van der Waals surface area contributed by atoms with E-state index in [1.165, 1.54) is 20.0 Å². The zero-order valence-corrected chi connectivity index (χ0v) is 18.1. The van der Waals surface area contributed by atoms with E-state index in [-0.39, 0.29) is 12.5 Å². The minimum Gasteiger partial charge on any atom is -0.354 e. The summed E-state index contributed by atoms with van der Waals surface area (Å²) >= 11 is 0. The Balaban J connectivity index is 1.70. The Morgan fingerprint density at radius 1 is 1.32 bits per heavy atom. The second-order valence-corrected chi connectivity index (χ2v) is 8.30. The molecule has 0 spiro atoms. The molecule has 2 N–H and O–H groups in total. The van der Waals surface area contributed by atoms with Gasteiger partial charge < -0.3 is 10.6 Å². The smallest absolute Gasteiger partial charge is 0.255 e. The number of alkyl halides is 1. The molecule has 1 aliphatic carbocycles. The van der Waals surface area contributed by atoms with Crippen LogP contribution >= 0.6 is 0 Å². The predicted octanol–water partition coefficient (Wildman–Crippen LogP) is 3.80. The van der Waals surface area contributed by atoms with Crippen molar-refractivity contribution in [3.63, 3.8) is 0 Å². The minimum atomic E-state index is -1.48. The molecule has 0 saturated heterocycles. The maximum atomic E-state index is 13.8. The number of nitrogens with zero attached hydrogens (tertiary/aromatic N) is 4. The molecule has 0 radical (unpaired) electrons. The molecule has 0 bridgehead atoms. The quantitative estimate of drug-likeness (QED) is 0.631. The van der Waals surface area contributed by atoms with Gasteiger partial charge in [-0.1, -0.05) is 6.08 Å². The average molecular weight is 423 g/mol. The van der Waals surface area contributed by atoms with Gasteiger partial charge in [0, 0.05) is 24.5 Å². The number of fused-ring (bicyclic) bond motifs is 2. The molecule has 0 aromatic carbocycles. The highest BCUT2D eigenvalue weighted by atomic mass is 19.1. The molecule has 3 aromatic heterocycles. The number of allylic oxidation sites excluding steroid dienone is 1. The van der Waals surface area contributed by atoms with E-state index in [0.717, 1.165) is 48.2 Å². The number of amides is 1. The number of anilines is 1. The number of aromatic nitrogens is 4. The number of aryl methyl sites for hydroxylation is 1. The Hall–Kier alpha value is -3.29. The fourth-order valence-corrected chi connectivity index (χ4v) is 3.68. The molecule has 3 aromatic rings. The van der Waals surface area contributed by atoms with Crippen LogP contribution in [0.25, 0.3) is 11.1 Å². The van der Waals surface area contributed by atoms with E-state index in [2.05, 4.69) is 26.8 Å². The molecule has 7 nitrogen and oxygen atoms in total. The number of hydrogen-bond donors (Lipinski definition) is 2. The molecule has 0 aliphatic heterocycles. The molecule has 0 unspecified atom stereocenters. The fraction of sp³-hybridized carbons (Fsp3) is 0.391. The van der Waals surface area contributed by atoms with Crippen molar-refractivity contribution in [1.82, 2.24) is 24.9 Å². The summed E-state index contributed by atoms with van der Waals surface area (Å²) in [5.74, 6) is 0.301. The number of carbonyl (C=O) groups excluding carboxylic acids is 1. The third kappa shape index (κ3) is 4.57. The van der Waals surface area contributed by atoms with Crippen molar-refractivity contribution in [2.45, 2.75) is 45.7 Å². The number of pyridine rings is 1. The van der Waals surface area contributed by atoms with Crippen LogP contribution in [-0.2, 0) is 6.42 Å². The number of nitrogens with one attached hydrogen (secondary N) is 2. The lowest BCUT2D eigenvalue weighted by molar-refractivity contribution is 0.0922. The largest absolute Gasteiger partial charge is 0.354 e. The van der Waals surface area contributed by atoms with Crippen molar-refractivity contribution in [2.24, 2.45) is 0 Å². The maximum Gasteiger partial charge on any atom is 0.255 e. The lowest BCUT2D eigenvalue weighted by Gasteiger charge is -2.14. The van der Waals surface area contributed by atoms with E-state index in [0.29, 0.717) is 17.0 Å². The first kappa shape index (κ1) is 21.0. The van der Waals surface area contributed by atoms with E-state index in [1.54, 1.807) is 4.52 Å². The van der Waals surface area contributed by atoms with Crippen LogP contribution in [0.3, 0.4) is 0 Å². The van der Waals surface area contributed by atoms with E-state index >= 15 is 0 Å². The second-order valence-electron chi connectivity index (χ2n) is 8.30. The zero-order chi connectivity index (χ0) is 22.0. The van der Waals surface area contributed by atoms with Gasteiger partial charge in [-0.05, 0) is 63.3 Å². The SMILES string of the molecule is CCNc1ncc2c(n1)CCCC=C2c1ccn2ncc(C(=O)NCC(C)(C)F)c2c1. The first-order chi connectivity index (χ1) is 14.9. The summed E-state index contributed by atoms with van der Waals surface area (Å²) in [6, 6.07) is 3.92. The highest BCUT2D eigenvalue weighted by Crippen LogP contribution is 2.31. The van der Waals surface area contributed by atoms with Crippen molar-refractivity contribution >= 4 is 22.9 Å². The number of halogens is 1. The highest BCUT2D eigenvalue weighted by molar-refractivity contribution is 6.01. The Bertz CT molecular complexity index is 1140. The summed E-state index contributed by atoms with van der Waals surface area (Å²) in [5.41, 5.74) is 3.65. The van der Waals surface area contributed by atoms with Crippen molar-refractivity contribution in [3.05, 3.63) is 59.2 Å². The normalized spacial score (nSPS) is 14.0. The first-order valence-electron chi connectivity index (χ1n) is 10.6. The van der Waals surface area contributed by atoms with Crippen LogP contribution in [0, 0.1) is 0 Å². The minimum absolute atomic E-state index is 0.0626. The summed E-state index contributed by atoms with van der Waals surface area (Å²) < 4.78 is 15.5. The van der Waals surface area contributed by atoms with Gasteiger partial charge in [0.25, 0.3) is 5.91 Å². The standard InChI is InChI=1S/C23H27FN6O/c1-4-25-22-26-12-17-16(7-5-6-8-19(17)29-22)15-9-10-30-20(11-15)18(13-28-30)21(31)27-14-23(2,3)24/h7,9-13H,4-6,8,14H2,1-3H3,(H,27,31)(H,25,26,29). The molecule has 0 fully saturated rings. The summed E-state index contributed by atoms with van der Waals surface area (Å²) in [6.45, 7) is 5.59. The monoisotopic (exact) mass is 422 g/mol. The lowest BCUT2D eigenvalue weighted by Crippen LogP contribution is -2.35. The molecular weight excluding hydrogens is 395 g/mol. The average Bonchev–Trinajstić information content (AvgIpc) is 3.04. The van der Waals surface area contributed by atoms with Crippen LogP contribution in [0.1, 0.15) is 60.8 Å². The molecule has 8 heteroatoms. The predicted molar refractivity (Wildman–Crippen MR) is 119 cm³/mol. The molecule has 0 atom stereocenters. The van der Waals surface area contributed by atoms with Gasteiger partial charge in [-0.3, -0.25) is 4.79 Å². The van der Waals surface area contributed by atoms with Crippen LogP contribution in [-0.4, -0.2) is 44.2 Å². The van der Waals surface area contributed by atoms with Gasteiger partial charge in [0.05, 0.1) is 29.5 Å². The summed E-state index contributed by atoms with van der Waals surface area (Å²) in [7, 11) is 0. The van der Waals surface area contributed by atoms with Crippen molar-refractivity contribution < 1.29 is 9.18 Å². The van der Waals surface area contributed by atoms with Gasteiger partial charge in [0.2, 0.25) is 5.95 Å². The van der Waals surface area contributed by atoms with Gasteiger partial charge >= 0.3 is 0 Å². The Morgan fingerprint density at radius 3 is 2.94 bits per heavy atom. The first-order valence-corrected chi connectivity index (χ1v) is 10.6. The second kappa shape index (κ2) is 8.45. The highest BCUT2D eigenvalue weighted by Gasteiger charge is 2.21. The van der Waals surface area contributed by atoms with Crippen LogP contribution in [0.2, 0.25) is 0 Å². The van der Waals surface area contributed by atoms with Crippen molar-refractivity contribution in [3.8, 4) is 0 Å². The van der Waals surface area contributed by atoms with Crippen LogP contribution in [0.5, 0.6) is 0 Å². The Labute approximate surface area is 180 Å². The topological polar surface area (TPSA) is 84.2 Å². The van der Waals surface area contributed by atoms with E-state index < -0.39 is 5.67 Å². The number of rotatable bonds is 6. The number of hydrogen-bond acceptors (Lipinski definition) is 5. The van der Waals surface area contributed by atoms with Gasteiger partial charge in [0.15, 0.2) is 0 Å². The molecule has 162 valence electrons. The van der Waals surface area contributed by atoms with E-state index in [4.69, 9.17) is 4.98 Å². The molecular formula is C23H27FN6O. The molecule has 3 heterocycles. The molecule has 0 saturated carbocycles. The number of carbonyl (C=O) groups is 1. The van der Waals surface area contributed by atoms with Crippen molar-refractivity contribution in [2.75, 3.05) is 18.4 Å². The third-order valence-corrected chi connectivity index (χ3v) is 5.21. The van der Waals surface area contributed by atoms with E-state index in [9.17, 15) is 9.18 Å². The molecule has 4 rings (SSSR count). The van der Waals surface area contributed by atoms with Crippen LogP contribution < -0.4 is 10.6 Å². The zero-order valence-electron chi connectivity index (χ0n) is 18.1. The third-order valence-electron chi connectivity index (χ3n) is 5.21. The summed E-state index contributed by atoms with van der Waals surface area (Å²) in [5, 5.41) is 10.1. The van der Waals surface area contributed by atoms with Gasteiger partial charge in [-0.2, -0.15) is 5.10 Å². The molecule has 1 aliphatic rings. The maximum absolute atomic E-state index is 13.8. The fourth-order valence-electron chi connectivity index (χ4n) is 3.68. The van der Waals surface area contributed by atoms with E-state index in [1.807, 2.05) is 31.5 Å². The van der Waals surface area contributed by atoms with Crippen LogP contribution in [0.15, 0.2) is 36.8 Å². The van der Waals surface area contributed by atoms with Gasteiger partial charge in [0.1, 0.15) is 5.67 Å². The molecule has 31 heavy (non-hydrogen) atoms. The van der Waals surface area contributed by atoms with Gasteiger partial charge in [-0.15, -0.1) is 0 Å². The Kier molecular flexibility index (Phi) is 5.71. The molecule has 1 amide bonds. The van der Waals surface area contributed by atoms with Crippen molar-refractivity contribution in [1.29, 1.82) is 0 Å². The summed E-state index contributed by atoms with van der Waals surface area (Å²) in [6.07, 6.45) is 10.3. The Morgan fingerprint density at radius 2 is 2.16 bits per heavy atom. The van der Waals surface area contributed by atoms with Crippen LogP contribution in [0.4, 0.5) is 10.3 Å². The summed E-state index contributed by atoms with van der Waals surface area (Å²) in [4.78, 5) is 21.8.